The lowest BCUT2D eigenvalue weighted by Gasteiger charge is -2.12. The van der Waals surface area contributed by atoms with Crippen molar-refractivity contribution in [2.24, 2.45) is 0 Å². The molecular weight excluding hydrogens is 320 g/mol. The van der Waals surface area contributed by atoms with Gasteiger partial charge in [0.2, 0.25) is 0 Å². The number of H-pyrrole nitrogens is 1. The zero-order valence-electron chi connectivity index (χ0n) is 13.3. The summed E-state index contributed by atoms with van der Waals surface area (Å²) in [4.78, 5) is 27.9. The molecule has 0 spiro atoms. The Labute approximate surface area is 136 Å². The van der Waals surface area contributed by atoms with Crippen molar-refractivity contribution in [3.8, 4) is 17.2 Å². The average molecular weight is 336 g/mol. The summed E-state index contributed by atoms with van der Waals surface area (Å²) in [7, 11) is 4.42. The smallest absolute Gasteiger partial charge is 0.346 e. The molecule has 1 aromatic heterocycles. The third-order valence-electron chi connectivity index (χ3n) is 3.19. The fraction of sp³-hybridized carbons (Fsp3) is 0.286. The molecule has 0 bridgehead atoms. The molecule has 0 amide bonds. The second-order valence-corrected chi connectivity index (χ2v) is 4.56. The molecule has 10 heteroatoms. The van der Waals surface area contributed by atoms with Crippen molar-refractivity contribution in [1.29, 1.82) is 0 Å². The zero-order valence-corrected chi connectivity index (χ0v) is 13.3. The minimum Gasteiger partial charge on any atom is -0.493 e. The molecule has 1 heterocycles. The molecule has 0 atom stereocenters. The number of nitrogens with zero attached hydrogens (tertiary/aromatic N) is 2. The Morgan fingerprint density at radius 3 is 2.50 bits per heavy atom. The molecular formula is C14H16N4O6. The molecule has 1 aromatic carbocycles. The number of nitro benzene ring substituents is 1. The second kappa shape index (κ2) is 7.31. The van der Waals surface area contributed by atoms with Crippen LogP contribution in [0.15, 0.2) is 23.1 Å². The fourth-order valence-electron chi connectivity index (χ4n) is 2.03. The van der Waals surface area contributed by atoms with E-state index in [1.807, 2.05) is 0 Å². The van der Waals surface area contributed by atoms with Gasteiger partial charge in [-0.05, 0) is 6.07 Å². The van der Waals surface area contributed by atoms with Crippen molar-refractivity contribution in [1.82, 2.24) is 9.97 Å². The van der Waals surface area contributed by atoms with Crippen molar-refractivity contribution >= 4 is 11.5 Å². The second-order valence-electron chi connectivity index (χ2n) is 4.56. The van der Waals surface area contributed by atoms with Crippen LogP contribution in [0.3, 0.4) is 0 Å². The van der Waals surface area contributed by atoms with E-state index in [4.69, 9.17) is 14.2 Å². The predicted molar refractivity (Wildman–Crippen MR) is 84.9 cm³/mol. The van der Waals surface area contributed by atoms with Crippen LogP contribution >= 0.6 is 0 Å². The first-order valence-corrected chi connectivity index (χ1v) is 6.79. The highest BCUT2D eigenvalue weighted by molar-refractivity contribution is 5.54. The first-order valence-electron chi connectivity index (χ1n) is 6.79. The summed E-state index contributed by atoms with van der Waals surface area (Å²) in [6.07, 6.45) is 1.23. The SMILES string of the molecule is CNc1[nH]c(=O)ncc1OCc1cc(OC)c(OC)cc1[N+](=O)[O-]. The van der Waals surface area contributed by atoms with Gasteiger partial charge in [0.1, 0.15) is 6.61 Å². The fourth-order valence-corrected chi connectivity index (χ4v) is 2.03. The van der Waals surface area contributed by atoms with Crippen LogP contribution in [0, 0.1) is 10.1 Å². The number of nitro groups is 1. The Morgan fingerprint density at radius 1 is 1.25 bits per heavy atom. The van der Waals surface area contributed by atoms with Gasteiger partial charge in [-0.2, -0.15) is 4.98 Å². The molecule has 0 aliphatic rings. The Kier molecular flexibility index (Phi) is 5.20. The molecule has 0 fully saturated rings. The summed E-state index contributed by atoms with van der Waals surface area (Å²) in [5.74, 6) is 1.16. The van der Waals surface area contributed by atoms with E-state index in [1.165, 1.54) is 32.5 Å². The van der Waals surface area contributed by atoms with Gasteiger partial charge in [0.25, 0.3) is 5.69 Å². The maximum absolute atomic E-state index is 11.3. The Morgan fingerprint density at radius 2 is 1.92 bits per heavy atom. The topological polar surface area (TPSA) is 129 Å². The Hall–Kier alpha value is -3.30. The highest BCUT2D eigenvalue weighted by atomic mass is 16.6. The number of hydrogen-bond acceptors (Lipinski definition) is 8. The quantitative estimate of drug-likeness (QED) is 0.572. The van der Waals surface area contributed by atoms with Crippen LogP contribution in [-0.2, 0) is 6.61 Å². The third-order valence-corrected chi connectivity index (χ3v) is 3.19. The number of nitrogens with one attached hydrogen (secondary N) is 2. The summed E-state index contributed by atoms with van der Waals surface area (Å²) in [5.41, 5.74) is -0.425. The van der Waals surface area contributed by atoms with Gasteiger partial charge >= 0.3 is 5.69 Å². The highest BCUT2D eigenvalue weighted by Gasteiger charge is 2.20. The zero-order chi connectivity index (χ0) is 17.7. The number of rotatable bonds is 7. The normalized spacial score (nSPS) is 10.1. The molecule has 2 aromatic rings. The van der Waals surface area contributed by atoms with E-state index in [-0.39, 0.29) is 29.4 Å². The molecule has 0 saturated carbocycles. The van der Waals surface area contributed by atoms with Crippen LogP contribution in [0.2, 0.25) is 0 Å². The molecule has 0 saturated heterocycles. The van der Waals surface area contributed by atoms with Crippen LogP contribution < -0.4 is 25.2 Å². The lowest BCUT2D eigenvalue weighted by Crippen LogP contribution is -2.13. The van der Waals surface area contributed by atoms with Crippen LogP contribution in [0.1, 0.15) is 5.56 Å². The lowest BCUT2D eigenvalue weighted by atomic mass is 10.1. The van der Waals surface area contributed by atoms with Gasteiger partial charge in [0, 0.05) is 7.05 Å². The minimum atomic E-state index is -0.538. The van der Waals surface area contributed by atoms with Crippen LogP contribution in [0.5, 0.6) is 17.2 Å². The molecule has 0 aliphatic carbocycles. The van der Waals surface area contributed by atoms with E-state index in [2.05, 4.69) is 15.3 Å². The van der Waals surface area contributed by atoms with E-state index in [1.54, 1.807) is 7.05 Å². The third kappa shape index (κ3) is 3.54. The number of aromatic amines is 1. The van der Waals surface area contributed by atoms with E-state index in [9.17, 15) is 14.9 Å². The van der Waals surface area contributed by atoms with Crippen molar-refractivity contribution in [3.63, 3.8) is 0 Å². The standard InChI is InChI=1S/C14H16N4O6/c1-15-13-12(6-16-14(19)17-13)24-7-8-4-10(22-2)11(23-3)5-9(8)18(20)21/h4-6H,7H2,1-3H3,(H2,15,16,17,19). The summed E-state index contributed by atoms with van der Waals surface area (Å²) >= 11 is 0. The minimum absolute atomic E-state index is 0.126. The maximum atomic E-state index is 11.3. The van der Waals surface area contributed by atoms with Gasteiger partial charge in [-0.15, -0.1) is 0 Å². The van der Waals surface area contributed by atoms with Crippen molar-refractivity contribution in [3.05, 3.63) is 44.5 Å². The molecule has 128 valence electrons. The van der Waals surface area contributed by atoms with Gasteiger partial charge in [0.05, 0.1) is 37.0 Å². The lowest BCUT2D eigenvalue weighted by molar-refractivity contribution is -0.385. The van der Waals surface area contributed by atoms with Crippen molar-refractivity contribution in [2.45, 2.75) is 6.61 Å². The predicted octanol–water partition coefficient (Wildman–Crippen LogP) is 1.32. The number of aromatic nitrogens is 2. The maximum Gasteiger partial charge on any atom is 0.346 e. The van der Waals surface area contributed by atoms with E-state index in [0.717, 1.165) is 0 Å². The highest BCUT2D eigenvalue weighted by Crippen LogP contribution is 2.35. The van der Waals surface area contributed by atoms with Gasteiger partial charge in [-0.1, -0.05) is 0 Å². The molecule has 24 heavy (non-hydrogen) atoms. The summed E-state index contributed by atoms with van der Waals surface area (Å²) in [5, 5.41) is 14.0. The van der Waals surface area contributed by atoms with Gasteiger partial charge in [0.15, 0.2) is 23.1 Å². The molecule has 0 aliphatic heterocycles. The number of benzene rings is 1. The Balaban J connectivity index is 2.35. The number of anilines is 1. The van der Waals surface area contributed by atoms with Gasteiger partial charge in [-0.3, -0.25) is 15.1 Å². The van der Waals surface area contributed by atoms with Crippen molar-refractivity contribution < 1.29 is 19.1 Å². The van der Waals surface area contributed by atoms with Crippen LogP contribution in [0.25, 0.3) is 0 Å². The largest absolute Gasteiger partial charge is 0.493 e. The summed E-state index contributed by atoms with van der Waals surface area (Å²) in [6.45, 7) is -0.126. The first kappa shape index (κ1) is 17.1. The van der Waals surface area contributed by atoms with E-state index >= 15 is 0 Å². The molecule has 0 radical (unpaired) electrons. The van der Waals surface area contributed by atoms with Crippen molar-refractivity contribution in [2.75, 3.05) is 26.6 Å². The molecule has 2 rings (SSSR count). The molecule has 0 unspecified atom stereocenters. The summed E-state index contributed by atoms with van der Waals surface area (Å²) in [6, 6.07) is 2.73. The van der Waals surface area contributed by atoms with E-state index in [0.29, 0.717) is 11.6 Å². The van der Waals surface area contributed by atoms with E-state index < -0.39 is 10.6 Å². The van der Waals surface area contributed by atoms with Crippen LogP contribution in [0.4, 0.5) is 11.5 Å². The monoisotopic (exact) mass is 336 g/mol. The number of hydrogen-bond donors (Lipinski definition) is 2. The first-order chi connectivity index (χ1) is 11.5. The molecule has 2 N–H and O–H groups in total. The Bertz CT molecular complexity index is 804. The van der Waals surface area contributed by atoms with Gasteiger partial charge in [-0.25, -0.2) is 4.79 Å². The van der Waals surface area contributed by atoms with Crippen LogP contribution in [-0.4, -0.2) is 36.2 Å². The summed E-state index contributed by atoms with van der Waals surface area (Å²) < 4.78 is 15.8. The average Bonchev–Trinajstić information content (AvgIpc) is 2.59. The van der Waals surface area contributed by atoms with Gasteiger partial charge < -0.3 is 19.5 Å². The molecule has 10 nitrogen and oxygen atoms in total. The number of methoxy groups -OCH3 is 2. The number of ether oxygens (including phenoxy) is 3.